The van der Waals surface area contributed by atoms with E-state index >= 15 is 0 Å². The summed E-state index contributed by atoms with van der Waals surface area (Å²) in [6, 6.07) is 13.6. The van der Waals surface area contributed by atoms with Crippen LogP contribution in [0.2, 0.25) is 5.02 Å². The minimum atomic E-state index is -0.390. The highest BCUT2D eigenvalue weighted by Gasteiger charge is 2.35. The van der Waals surface area contributed by atoms with Gasteiger partial charge in [0.25, 0.3) is 0 Å². The minimum Gasteiger partial charge on any atom is -0.321 e. The van der Waals surface area contributed by atoms with Crippen LogP contribution < -0.4 is 0 Å². The molecule has 2 fully saturated rings. The van der Waals surface area contributed by atoms with Crippen molar-refractivity contribution in [3.63, 3.8) is 0 Å². The molecule has 1 aliphatic carbocycles. The Morgan fingerprint density at radius 3 is 2.20 bits per heavy atom. The van der Waals surface area contributed by atoms with Crippen molar-refractivity contribution in [2.24, 2.45) is 0 Å². The molecule has 1 saturated carbocycles. The summed E-state index contributed by atoms with van der Waals surface area (Å²) in [4.78, 5) is 7.71. The van der Waals surface area contributed by atoms with Gasteiger partial charge in [0.1, 0.15) is 11.6 Å². The number of hydrogen-bond acceptors (Lipinski definition) is 2. The standard InChI is InChI=1S/C27H33ClFN3.3ClH/c1-27(15-7-3-2-4-8-16-27)31-17-13-21(14-18-31)32-25-10-6-5-9-24(25)30-26(32)20-11-12-23(29)22(28)19-20;;;/h5-6,9-12,19,21H,2-4,7-8,13-18H2,1H3;3*1H. The number of benzene rings is 2. The van der Waals surface area contributed by atoms with E-state index in [2.05, 4.69) is 34.6 Å². The molecule has 35 heavy (non-hydrogen) atoms. The van der Waals surface area contributed by atoms with Crippen LogP contribution in [0.5, 0.6) is 0 Å². The number of aromatic nitrogens is 2. The van der Waals surface area contributed by atoms with Crippen molar-refractivity contribution in [3.05, 3.63) is 53.3 Å². The molecule has 3 aromatic rings. The Morgan fingerprint density at radius 1 is 0.914 bits per heavy atom. The second-order valence-electron chi connectivity index (χ2n) is 9.91. The SMILES string of the molecule is CC1(N2CCC(n3c(-c4ccc(F)c(Cl)c4)nc4ccccc43)CC2)CCCCCCC1.Cl.Cl.Cl. The van der Waals surface area contributed by atoms with Crippen molar-refractivity contribution in [2.75, 3.05) is 13.1 Å². The first kappa shape index (κ1) is 30.2. The van der Waals surface area contributed by atoms with Crippen molar-refractivity contribution in [3.8, 4) is 11.4 Å². The lowest BCUT2D eigenvalue weighted by Gasteiger charge is -2.46. The predicted octanol–water partition coefficient (Wildman–Crippen LogP) is 8.90. The van der Waals surface area contributed by atoms with Crippen LogP contribution in [0.1, 0.15) is 70.8 Å². The lowest BCUT2D eigenvalue weighted by molar-refractivity contribution is 0.0443. The van der Waals surface area contributed by atoms with Crippen molar-refractivity contribution in [2.45, 2.75) is 76.3 Å². The molecule has 0 amide bonds. The monoisotopic (exact) mass is 561 g/mol. The summed E-state index contributed by atoms with van der Waals surface area (Å²) in [5.41, 5.74) is 3.35. The predicted molar refractivity (Wildman–Crippen MR) is 152 cm³/mol. The molecule has 1 aliphatic heterocycles. The zero-order valence-electron chi connectivity index (χ0n) is 20.2. The van der Waals surface area contributed by atoms with E-state index in [1.807, 2.05) is 6.07 Å². The number of rotatable bonds is 3. The number of nitrogens with zero attached hydrogens (tertiary/aromatic N) is 3. The van der Waals surface area contributed by atoms with Gasteiger partial charge in [-0.25, -0.2) is 9.37 Å². The number of hydrogen-bond donors (Lipinski definition) is 0. The van der Waals surface area contributed by atoms with Crippen LogP contribution >= 0.6 is 48.8 Å². The largest absolute Gasteiger partial charge is 0.321 e. The summed E-state index contributed by atoms with van der Waals surface area (Å²) in [5, 5.41) is 0.146. The van der Waals surface area contributed by atoms with Gasteiger partial charge in [-0.1, -0.05) is 55.8 Å². The van der Waals surface area contributed by atoms with Crippen LogP contribution in [0.15, 0.2) is 42.5 Å². The van der Waals surface area contributed by atoms with E-state index in [-0.39, 0.29) is 48.1 Å². The third-order valence-corrected chi connectivity index (χ3v) is 8.09. The summed E-state index contributed by atoms with van der Waals surface area (Å²) >= 11 is 6.13. The topological polar surface area (TPSA) is 21.1 Å². The van der Waals surface area contributed by atoms with Crippen LogP contribution in [0.3, 0.4) is 0 Å². The minimum absolute atomic E-state index is 0. The van der Waals surface area contributed by atoms with E-state index in [1.165, 1.54) is 51.0 Å². The smallest absolute Gasteiger partial charge is 0.141 e. The summed E-state index contributed by atoms with van der Waals surface area (Å²) in [6.45, 7) is 4.74. The molecule has 0 spiro atoms. The molecular formula is C27H36Cl4FN3. The first-order valence-corrected chi connectivity index (χ1v) is 12.6. The molecule has 5 rings (SSSR count). The van der Waals surface area contributed by atoms with Gasteiger partial charge >= 0.3 is 0 Å². The zero-order valence-corrected chi connectivity index (χ0v) is 23.4. The summed E-state index contributed by atoms with van der Waals surface area (Å²) in [5.74, 6) is 0.502. The van der Waals surface area contributed by atoms with Crippen molar-refractivity contribution >= 4 is 59.9 Å². The number of fused-ring (bicyclic) bond motifs is 1. The van der Waals surface area contributed by atoms with Gasteiger partial charge in [-0.3, -0.25) is 4.90 Å². The highest BCUT2D eigenvalue weighted by Crippen LogP contribution is 2.38. The van der Waals surface area contributed by atoms with Gasteiger partial charge in [-0.15, -0.1) is 37.2 Å². The number of halogens is 5. The van der Waals surface area contributed by atoms with Gasteiger partial charge in [0.2, 0.25) is 0 Å². The van der Waals surface area contributed by atoms with Crippen LogP contribution in [-0.4, -0.2) is 33.1 Å². The van der Waals surface area contributed by atoms with E-state index in [4.69, 9.17) is 16.6 Å². The fourth-order valence-corrected chi connectivity index (χ4v) is 6.08. The average Bonchev–Trinajstić information content (AvgIpc) is 3.18. The van der Waals surface area contributed by atoms with E-state index in [1.54, 1.807) is 12.1 Å². The Balaban J connectivity index is 0.00000144. The highest BCUT2D eigenvalue weighted by molar-refractivity contribution is 6.31. The fourth-order valence-electron chi connectivity index (χ4n) is 5.90. The molecule has 1 aromatic heterocycles. The van der Waals surface area contributed by atoms with Gasteiger partial charge in [-0.05, 0) is 62.9 Å². The van der Waals surface area contributed by atoms with Gasteiger partial charge in [0.15, 0.2) is 0 Å². The quantitative estimate of drug-likeness (QED) is 0.317. The average molecular weight is 563 g/mol. The van der Waals surface area contributed by atoms with Gasteiger partial charge < -0.3 is 4.57 Å². The molecule has 0 radical (unpaired) electrons. The van der Waals surface area contributed by atoms with Gasteiger partial charge in [0.05, 0.1) is 16.1 Å². The molecular weight excluding hydrogens is 527 g/mol. The maximum atomic E-state index is 13.8. The van der Waals surface area contributed by atoms with Crippen LogP contribution in [0.4, 0.5) is 4.39 Å². The molecule has 2 aliphatic rings. The summed E-state index contributed by atoms with van der Waals surface area (Å²) in [7, 11) is 0. The molecule has 1 saturated heterocycles. The van der Waals surface area contributed by atoms with E-state index in [0.717, 1.165) is 48.4 Å². The van der Waals surface area contributed by atoms with Gasteiger partial charge in [-0.2, -0.15) is 0 Å². The first-order chi connectivity index (χ1) is 15.5. The van der Waals surface area contributed by atoms with Crippen LogP contribution in [0.25, 0.3) is 22.4 Å². The molecule has 2 heterocycles. The molecule has 194 valence electrons. The third-order valence-electron chi connectivity index (χ3n) is 7.80. The number of imidazole rings is 1. The normalized spacial score (nSPS) is 19.1. The van der Waals surface area contributed by atoms with E-state index < -0.39 is 0 Å². The van der Waals surface area contributed by atoms with Crippen molar-refractivity contribution < 1.29 is 4.39 Å². The molecule has 0 N–H and O–H groups in total. The third kappa shape index (κ3) is 6.27. The maximum Gasteiger partial charge on any atom is 0.141 e. The summed E-state index contributed by atoms with van der Waals surface area (Å²) < 4.78 is 16.2. The number of likely N-dealkylation sites (tertiary alicyclic amines) is 1. The maximum absolute atomic E-state index is 13.8. The Kier molecular flexibility index (Phi) is 11.2. The van der Waals surface area contributed by atoms with Crippen molar-refractivity contribution in [1.82, 2.24) is 14.5 Å². The molecule has 8 heteroatoms. The lowest BCUT2D eigenvalue weighted by atomic mass is 9.82. The van der Waals surface area contributed by atoms with E-state index in [0.29, 0.717) is 11.6 Å². The lowest BCUT2D eigenvalue weighted by Crippen LogP contribution is -2.50. The fraction of sp³-hybridized carbons (Fsp3) is 0.519. The molecule has 3 nitrogen and oxygen atoms in total. The highest BCUT2D eigenvalue weighted by atomic mass is 35.5. The van der Waals surface area contributed by atoms with Crippen molar-refractivity contribution in [1.29, 1.82) is 0 Å². The Bertz CT molecular complexity index is 1090. The second kappa shape index (κ2) is 13.0. The number of piperidine rings is 1. The second-order valence-corrected chi connectivity index (χ2v) is 10.3. The molecule has 0 atom stereocenters. The Morgan fingerprint density at radius 2 is 1.54 bits per heavy atom. The number of para-hydroxylation sites is 2. The van der Waals surface area contributed by atoms with E-state index in [9.17, 15) is 4.39 Å². The zero-order chi connectivity index (χ0) is 22.1. The van der Waals surface area contributed by atoms with Crippen LogP contribution in [0, 0.1) is 5.82 Å². The van der Waals surface area contributed by atoms with Gasteiger partial charge in [0, 0.05) is 30.2 Å². The Hall–Kier alpha value is -1.04. The Labute approximate surface area is 232 Å². The molecule has 0 bridgehead atoms. The molecule has 2 aromatic carbocycles. The summed E-state index contributed by atoms with van der Waals surface area (Å²) in [6.07, 6.45) is 11.8. The van der Waals surface area contributed by atoms with Crippen LogP contribution in [-0.2, 0) is 0 Å². The first-order valence-electron chi connectivity index (χ1n) is 12.2. The molecule has 0 unspecified atom stereocenters.